The molecule has 1 aromatic heterocycles. The molecule has 0 bridgehead atoms. The van der Waals surface area contributed by atoms with Crippen LogP contribution in [0, 0.1) is 5.82 Å². The average molecular weight is 403 g/mol. The van der Waals surface area contributed by atoms with E-state index >= 15 is 0 Å². The van der Waals surface area contributed by atoms with E-state index in [4.69, 9.17) is 21.1 Å². The third kappa shape index (κ3) is 4.66. The van der Waals surface area contributed by atoms with Gasteiger partial charge in [-0.25, -0.2) is 9.49 Å². The molecule has 2 aromatic carbocycles. The Hall–Kier alpha value is -3.39. The molecule has 2 N–H and O–H groups in total. The highest BCUT2D eigenvalue weighted by molar-refractivity contribution is 6.32. The van der Waals surface area contributed by atoms with Gasteiger partial charge >= 0.3 is 0 Å². The van der Waals surface area contributed by atoms with Crippen molar-refractivity contribution in [1.82, 2.24) is 10.2 Å². The molecule has 0 amide bonds. The van der Waals surface area contributed by atoms with Crippen LogP contribution in [-0.4, -0.2) is 23.5 Å². The monoisotopic (exact) mass is 402 g/mol. The van der Waals surface area contributed by atoms with E-state index in [0.717, 1.165) is 5.56 Å². The number of rotatable bonds is 7. The van der Waals surface area contributed by atoms with Gasteiger partial charge in [0.15, 0.2) is 11.5 Å². The SMILES string of the molecule is COc1cccc(/C=N/Nc2cn[nH]c(=O)c2Cl)c1OCc1ccc(F)cc1. The molecule has 0 aliphatic rings. The standard InChI is InChI=1S/C19H16ClFN4O3/c1-27-16-4-2-3-13(9-22-24-15-10-23-25-19(26)17(15)20)18(16)28-11-12-5-7-14(21)8-6-12/h2-10H,11H2,1H3,(H2,24,25,26)/b22-9+. The molecule has 0 unspecified atom stereocenters. The summed E-state index contributed by atoms with van der Waals surface area (Å²) in [5, 5.41) is 9.90. The summed E-state index contributed by atoms with van der Waals surface area (Å²) in [7, 11) is 1.53. The highest BCUT2D eigenvalue weighted by Gasteiger charge is 2.10. The summed E-state index contributed by atoms with van der Waals surface area (Å²) in [6, 6.07) is 11.3. The molecule has 144 valence electrons. The quantitative estimate of drug-likeness (QED) is 0.465. The molecule has 7 nitrogen and oxygen atoms in total. The minimum absolute atomic E-state index is 0.0504. The Morgan fingerprint density at radius 2 is 2.07 bits per heavy atom. The van der Waals surface area contributed by atoms with Crippen molar-refractivity contribution >= 4 is 23.5 Å². The van der Waals surface area contributed by atoms with Gasteiger partial charge in [-0.3, -0.25) is 10.2 Å². The van der Waals surface area contributed by atoms with Crippen LogP contribution in [0.2, 0.25) is 5.02 Å². The van der Waals surface area contributed by atoms with Crippen LogP contribution >= 0.6 is 11.6 Å². The van der Waals surface area contributed by atoms with Crippen LogP contribution in [0.5, 0.6) is 11.5 Å². The highest BCUT2D eigenvalue weighted by Crippen LogP contribution is 2.31. The number of aromatic amines is 1. The Kier molecular flexibility index (Phi) is 6.23. The Balaban J connectivity index is 1.79. The van der Waals surface area contributed by atoms with Crippen molar-refractivity contribution in [2.45, 2.75) is 6.61 Å². The molecule has 0 spiro atoms. The fraction of sp³-hybridized carbons (Fsp3) is 0.105. The molecule has 0 radical (unpaired) electrons. The molecule has 28 heavy (non-hydrogen) atoms. The molecule has 1 heterocycles. The van der Waals surface area contributed by atoms with Crippen molar-refractivity contribution in [3.05, 3.63) is 81.0 Å². The first kappa shape index (κ1) is 19.4. The second-order valence-electron chi connectivity index (χ2n) is 5.59. The van der Waals surface area contributed by atoms with Crippen LogP contribution in [0.1, 0.15) is 11.1 Å². The first-order valence-electron chi connectivity index (χ1n) is 8.15. The highest BCUT2D eigenvalue weighted by atomic mass is 35.5. The molecule has 0 saturated heterocycles. The molecule has 0 atom stereocenters. The van der Waals surface area contributed by atoms with Crippen LogP contribution in [0.25, 0.3) is 0 Å². The van der Waals surface area contributed by atoms with Crippen molar-refractivity contribution in [1.29, 1.82) is 0 Å². The molecule has 3 aromatic rings. The lowest BCUT2D eigenvalue weighted by Crippen LogP contribution is -2.10. The summed E-state index contributed by atoms with van der Waals surface area (Å²) >= 11 is 5.89. The number of aromatic nitrogens is 2. The van der Waals surface area contributed by atoms with Crippen molar-refractivity contribution in [2.24, 2.45) is 5.10 Å². The molecule has 9 heteroatoms. The van der Waals surface area contributed by atoms with Crippen LogP contribution in [-0.2, 0) is 6.61 Å². The number of hydrazone groups is 1. The predicted octanol–water partition coefficient (Wildman–Crippen LogP) is 3.60. The zero-order valence-electron chi connectivity index (χ0n) is 14.8. The number of methoxy groups -OCH3 is 1. The fourth-order valence-corrected chi connectivity index (χ4v) is 2.45. The van der Waals surface area contributed by atoms with Gasteiger partial charge in [0, 0.05) is 5.56 Å². The number of ether oxygens (including phenoxy) is 2. The Morgan fingerprint density at radius 1 is 1.29 bits per heavy atom. The molecular formula is C19H16ClFN4O3. The van der Waals surface area contributed by atoms with Gasteiger partial charge in [-0.05, 0) is 29.8 Å². The van der Waals surface area contributed by atoms with E-state index in [1.54, 1.807) is 30.3 Å². The Bertz CT molecular complexity index is 1040. The minimum Gasteiger partial charge on any atom is -0.493 e. The summed E-state index contributed by atoms with van der Waals surface area (Å²) in [5.41, 5.74) is 3.83. The van der Waals surface area contributed by atoms with E-state index in [1.807, 2.05) is 0 Å². The van der Waals surface area contributed by atoms with E-state index in [1.165, 1.54) is 31.7 Å². The van der Waals surface area contributed by atoms with E-state index < -0.39 is 5.56 Å². The average Bonchev–Trinajstić information content (AvgIpc) is 2.71. The van der Waals surface area contributed by atoms with Crippen LogP contribution in [0.3, 0.4) is 0 Å². The number of anilines is 1. The first-order chi connectivity index (χ1) is 13.6. The topological polar surface area (TPSA) is 88.6 Å². The van der Waals surface area contributed by atoms with Crippen LogP contribution in [0.15, 0.2) is 58.6 Å². The number of H-pyrrole nitrogens is 1. The molecule has 3 rings (SSSR count). The Labute approximate surface area is 164 Å². The van der Waals surface area contributed by atoms with Crippen molar-refractivity contribution in [2.75, 3.05) is 12.5 Å². The van der Waals surface area contributed by atoms with E-state index in [0.29, 0.717) is 17.1 Å². The zero-order valence-corrected chi connectivity index (χ0v) is 15.5. The van der Waals surface area contributed by atoms with Crippen LogP contribution in [0.4, 0.5) is 10.1 Å². The van der Waals surface area contributed by atoms with Gasteiger partial charge in [-0.2, -0.15) is 10.2 Å². The van der Waals surface area contributed by atoms with E-state index in [2.05, 4.69) is 20.7 Å². The van der Waals surface area contributed by atoms with Crippen LogP contribution < -0.4 is 20.5 Å². The maximum absolute atomic E-state index is 13.0. The first-order valence-corrected chi connectivity index (χ1v) is 8.53. The Morgan fingerprint density at radius 3 is 2.82 bits per heavy atom. The van der Waals surface area contributed by atoms with Gasteiger partial charge in [0.05, 0.1) is 19.5 Å². The number of hydrogen-bond acceptors (Lipinski definition) is 6. The van der Waals surface area contributed by atoms with E-state index in [-0.39, 0.29) is 23.1 Å². The number of nitrogens with one attached hydrogen (secondary N) is 2. The van der Waals surface area contributed by atoms with Gasteiger partial charge in [0.2, 0.25) is 0 Å². The third-order valence-corrected chi connectivity index (χ3v) is 4.09. The van der Waals surface area contributed by atoms with Crippen molar-refractivity contribution < 1.29 is 13.9 Å². The molecule has 0 saturated carbocycles. The van der Waals surface area contributed by atoms with Crippen molar-refractivity contribution in [3.8, 4) is 11.5 Å². The summed E-state index contributed by atoms with van der Waals surface area (Å²) in [6.45, 7) is 0.221. The summed E-state index contributed by atoms with van der Waals surface area (Å²) in [5.74, 6) is 0.671. The van der Waals surface area contributed by atoms with Gasteiger partial charge in [-0.1, -0.05) is 29.8 Å². The van der Waals surface area contributed by atoms with Gasteiger partial charge in [0.1, 0.15) is 23.1 Å². The van der Waals surface area contributed by atoms with Gasteiger partial charge in [-0.15, -0.1) is 0 Å². The molecule has 0 fully saturated rings. The number of nitrogens with zero attached hydrogens (tertiary/aromatic N) is 2. The summed E-state index contributed by atoms with van der Waals surface area (Å²) in [4.78, 5) is 11.4. The number of halogens is 2. The zero-order chi connectivity index (χ0) is 19.9. The van der Waals surface area contributed by atoms with Crippen molar-refractivity contribution in [3.63, 3.8) is 0 Å². The lowest BCUT2D eigenvalue weighted by molar-refractivity contribution is 0.284. The molecule has 0 aliphatic heterocycles. The second-order valence-corrected chi connectivity index (χ2v) is 5.97. The normalized spacial score (nSPS) is 10.8. The molecular weight excluding hydrogens is 387 g/mol. The second kappa shape index (κ2) is 9.01. The summed E-state index contributed by atoms with van der Waals surface area (Å²) in [6.07, 6.45) is 2.85. The number of benzene rings is 2. The fourth-order valence-electron chi connectivity index (χ4n) is 2.32. The predicted molar refractivity (Wildman–Crippen MR) is 105 cm³/mol. The molecule has 0 aliphatic carbocycles. The van der Waals surface area contributed by atoms with E-state index in [9.17, 15) is 9.18 Å². The number of para-hydroxylation sites is 1. The van der Waals surface area contributed by atoms with Gasteiger partial charge < -0.3 is 9.47 Å². The largest absolute Gasteiger partial charge is 0.493 e. The van der Waals surface area contributed by atoms with Gasteiger partial charge in [0.25, 0.3) is 5.56 Å². The lowest BCUT2D eigenvalue weighted by atomic mass is 10.2. The summed E-state index contributed by atoms with van der Waals surface area (Å²) < 4.78 is 24.3. The number of hydrogen-bond donors (Lipinski definition) is 2. The third-order valence-electron chi connectivity index (χ3n) is 3.71. The lowest BCUT2D eigenvalue weighted by Gasteiger charge is -2.13. The maximum Gasteiger partial charge on any atom is 0.285 e. The maximum atomic E-state index is 13.0. The smallest absolute Gasteiger partial charge is 0.285 e. The minimum atomic E-state index is -0.522.